The van der Waals surface area contributed by atoms with Gasteiger partial charge in [-0.05, 0) is 81.2 Å². The quantitative estimate of drug-likeness (QED) is 0.174. The van der Waals surface area contributed by atoms with Crippen LogP contribution in [0.1, 0.15) is 66.2 Å². The maximum atomic E-state index is 13.5. The van der Waals surface area contributed by atoms with Gasteiger partial charge in [0.05, 0.1) is 17.1 Å². The number of amides is 1. The lowest BCUT2D eigenvalue weighted by atomic mass is 9.77. The Bertz CT molecular complexity index is 1150. The van der Waals surface area contributed by atoms with Crippen LogP contribution in [0, 0.1) is 19.3 Å². The van der Waals surface area contributed by atoms with Crippen LogP contribution in [0.3, 0.4) is 0 Å². The number of halogens is 3. The van der Waals surface area contributed by atoms with E-state index in [9.17, 15) is 18.0 Å². The van der Waals surface area contributed by atoms with Crippen molar-refractivity contribution < 1.29 is 18.0 Å². The first kappa shape index (κ1) is 27.8. The molecule has 1 unspecified atom stereocenters. The van der Waals surface area contributed by atoms with E-state index in [0.717, 1.165) is 66.7 Å². The van der Waals surface area contributed by atoms with Gasteiger partial charge in [-0.3, -0.25) is 16.0 Å². The molecule has 2 atom stereocenters. The van der Waals surface area contributed by atoms with Crippen LogP contribution in [0.15, 0.2) is 35.2 Å². The van der Waals surface area contributed by atoms with Crippen molar-refractivity contribution in [3.63, 3.8) is 0 Å². The third-order valence-electron chi connectivity index (χ3n) is 8.12. The topological polar surface area (TPSA) is 82.4 Å². The molecular weight excluding hydrogens is 499 g/mol. The number of nitrogens with zero attached hydrogens (tertiary/aromatic N) is 1. The summed E-state index contributed by atoms with van der Waals surface area (Å²) in [6.07, 6.45) is -0.362. The summed E-state index contributed by atoms with van der Waals surface area (Å²) in [5, 5.41) is 6.41. The molecule has 0 saturated carbocycles. The fourth-order valence-corrected chi connectivity index (χ4v) is 6.62. The van der Waals surface area contributed by atoms with E-state index in [1.807, 2.05) is 13.2 Å². The van der Waals surface area contributed by atoms with Gasteiger partial charge in [-0.15, -0.1) is 11.8 Å². The zero-order valence-electron chi connectivity index (χ0n) is 21.8. The molecular formula is C27H36F3N5OS. The van der Waals surface area contributed by atoms with Crippen LogP contribution in [0.4, 0.5) is 18.9 Å². The molecule has 2 aliphatic rings. The standard InChI is InChI=1S/C27H36F3N5OS/c1-16-19(6-5-7-20(16)27(28,29)30)18(3)33-24(34-31)23-17(2)21(8-9-22(23)37-4)35-14-11-26(12-15-35)10-13-32-25(26)36/h5-9,18,24,33-34H,10-15,31H2,1-4H3,(H,32,36)/t18-,24?/m1/s1. The number of hydrogen-bond acceptors (Lipinski definition) is 6. The molecule has 5 N–H and O–H groups in total. The van der Waals surface area contributed by atoms with Crippen molar-refractivity contribution in [2.45, 2.75) is 63.3 Å². The number of thioether (sulfide) groups is 1. The van der Waals surface area contributed by atoms with Crippen molar-refractivity contribution >= 4 is 23.4 Å². The van der Waals surface area contributed by atoms with Gasteiger partial charge in [0, 0.05) is 41.8 Å². The fourth-order valence-electron chi connectivity index (χ4n) is 5.92. The minimum absolute atomic E-state index is 0.178. The average molecular weight is 536 g/mol. The van der Waals surface area contributed by atoms with E-state index in [4.69, 9.17) is 5.84 Å². The van der Waals surface area contributed by atoms with Crippen LogP contribution < -0.4 is 26.8 Å². The predicted octanol–water partition coefficient (Wildman–Crippen LogP) is 4.96. The van der Waals surface area contributed by atoms with Gasteiger partial charge in [-0.2, -0.15) is 13.2 Å². The van der Waals surface area contributed by atoms with Crippen LogP contribution in [-0.2, 0) is 11.0 Å². The van der Waals surface area contributed by atoms with Crippen LogP contribution in [0.2, 0.25) is 0 Å². The molecule has 2 saturated heterocycles. The highest BCUT2D eigenvalue weighted by atomic mass is 32.2. The van der Waals surface area contributed by atoms with Crippen LogP contribution in [0.5, 0.6) is 0 Å². The first-order valence-corrected chi connectivity index (χ1v) is 13.8. The van der Waals surface area contributed by atoms with Crippen molar-refractivity contribution in [2.75, 3.05) is 30.8 Å². The number of nitrogens with one attached hydrogen (secondary N) is 3. The SMILES string of the molecule is CSc1ccc(N2CCC3(CCNC3=O)CC2)c(C)c1C(NN)N[C@H](C)c1cccc(C(F)(F)F)c1C. The molecule has 2 aliphatic heterocycles. The average Bonchev–Trinajstić information content (AvgIpc) is 3.21. The Kier molecular flexibility index (Phi) is 8.13. The molecule has 37 heavy (non-hydrogen) atoms. The van der Waals surface area contributed by atoms with E-state index >= 15 is 0 Å². The maximum Gasteiger partial charge on any atom is 0.416 e. The zero-order valence-corrected chi connectivity index (χ0v) is 22.6. The summed E-state index contributed by atoms with van der Waals surface area (Å²) in [4.78, 5) is 15.8. The molecule has 6 nitrogen and oxygen atoms in total. The monoisotopic (exact) mass is 535 g/mol. The van der Waals surface area contributed by atoms with Crippen molar-refractivity contribution in [3.05, 3.63) is 58.1 Å². The van der Waals surface area contributed by atoms with E-state index in [1.54, 1.807) is 17.8 Å². The zero-order chi connectivity index (χ0) is 27.0. The Balaban J connectivity index is 1.60. The number of hydrazine groups is 1. The summed E-state index contributed by atoms with van der Waals surface area (Å²) in [5.74, 6) is 6.20. The van der Waals surface area contributed by atoms with E-state index in [-0.39, 0.29) is 16.9 Å². The number of alkyl halides is 3. The molecule has 0 radical (unpaired) electrons. The molecule has 0 aromatic heterocycles. The largest absolute Gasteiger partial charge is 0.416 e. The molecule has 202 valence electrons. The first-order chi connectivity index (χ1) is 17.5. The highest BCUT2D eigenvalue weighted by Gasteiger charge is 2.44. The normalized spacial score (nSPS) is 19.2. The summed E-state index contributed by atoms with van der Waals surface area (Å²) in [7, 11) is 0. The summed E-state index contributed by atoms with van der Waals surface area (Å²) in [6.45, 7) is 7.75. The van der Waals surface area contributed by atoms with E-state index < -0.39 is 23.9 Å². The van der Waals surface area contributed by atoms with Gasteiger partial charge < -0.3 is 10.2 Å². The van der Waals surface area contributed by atoms with Crippen LogP contribution in [-0.4, -0.2) is 31.8 Å². The Hall–Kier alpha value is -2.27. The minimum Gasteiger partial charge on any atom is -0.371 e. The molecule has 1 spiro atoms. The lowest BCUT2D eigenvalue weighted by Gasteiger charge is -2.40. The Morgan fingerprint density at radius 2 is 1.81 bits per heavy atom. The van der Waals surface area contributed by atoms with Crippen LogP contribution in [0.25, 0.3) is 0 Å². The van der Waals surface area contributed by atoms with Gasteiger partial charge in [-0.25, -0.2) is 5.43 Å². The summed E-state index contributed by atoms with van der Waals surface area (Å²) in [6, 6.07) is 8.07. The molecule has 2 fully saturated rings. The molecule has 0 aliphatic carbocycles. The Morgan fingerprint density at radius 3 is 2.38 bits per heavy atom. The number of anilines is 1. The lowest BCUT2D eigenvalue weighted by molar-refractivity contribution is -0.138. The third kappa shape index (κ3) is 5.34. The minimum atomic E-state index is -4.41. The first-order valence-electron chi connectivity index (χ1n) is 12.6. The van der Waals surface area contributed by atoms with Gasteiger partial charge in [0.1, 0.15) is 0 Å². The second kappa shape index (κ2) is 10.8. The molecule has 10 heteroatoms. The molecule has 0 bridgehead atoms. The number of nitrogens with two attached hydrogens (primary N) is 1. The summed E-state index contributed by atoms with van der Waals surface area (Å²) >= 11 is 1.60. The van der Waals surface area contributed by atoms with E-state index in [1.165, 1.54) is 13.0 Å². The second-order valence-electron chi connectivity index (χ2n) is 10.1. The van der Waals surface area contributed by atoms with E-state index in [2.05, 4.69) is 40.0 Å². The third-order valence-corrected chi connectivity index (χ3v) is 8.91. The van der Waals surface area contributed by atoms with E-state index in [0.29, 0.717) is 5.56 Å². The van der Waals surface area contributed by atoms with Gasteiger partial charge >= 0.3 is 6.18 Å². The van der Waals surface area contributed by atoms with Crippen molar-refractivity contribution in [3.8, 4) is 0 Å². The number of hydrogen-bond donors (Lipinski definition) is 4. The Morgan fingerprint density at radius 1 is 1.11 bits per heavy atom. The van der Waals surface area contributed by atoms with Gasteiger partial charge in [0.25, 0.3) is 0 Å². The molecule has 1 amide bonds. The van der Waals surface area contributed by atoms with Gasteiger partial charge in [0.15, 0.2) is 0 Å². The fraction of sp³-hybridized carbons (Fsp3) is 0.519. The highest BCUT2D eigenvalue weighted by Crippen LogP contribution is 2.42. The highest BCUT2D eigenvalue weighted by molar-refractivity contribution is 7.98. The predicted molar refractivity (Wildman–Crippen MR) is 142 cm³/mol. The summed E-state index contributed by atoms with van der Waals surface area (Å²) < 4.78 is 40.5. The van der Waals surface area contributed by atoms with Crippen molar-refractivity contribution in [1.29, 1.82) is 0 Å². The van der Waals surface area contributed by atoms with Crippen molar-refractivity contribution in [2.24, 2.45) is 11.3 Å². The number of rotatable bonds is 7. The number of carbonyl (C=O) groups excluding carboxylic acids is 1. The lowest BCUT2D eigenvalue weighted by Crippen LogP contribution is -2.44. The van der Waals surface area contributed by atoms with Crippen molar-refractivity contribution in [1.82, 2.24) is 16.1 Å². The summed E-state index contributed by atoms with van der Waals surface area (Å²) in [5.41, 5.74) is 5.89. The second-order valence-corrected chi connectivity index (χ2v) is 11.0. The molecule has 2 heterocycles. The molecule has 2 aromatic carbocycles. The van der Waals surface area contributed by atoms with Gasteiger partial charge in [0.2, 0.25) is 5.91 Å². The number of benzene rings is 2. The molecule has 2 aromatic rings. The maximum absolute atomic E-state index is 13.5. The molecule has 4 rings (SSSR count). The van der Waals surface area contributed by atoms with Gasteiger partial charge in [-0.1, -0.05) is 12.1 Å². The smallest absolute Gasteiger partial charge is 0.371 e. The number of carbonyl (C=O) groups is 1. The van der Waals surface area contributed by atoms with Crippen LogP contribution >= 0.6 is 11.8 Å². The number of piperidine rings is 1. The Labute approximate surface area is 220 Å².